The third-order valence-electron chi connectivity index (χ3n) is 11.3. The zero-order valence-corrected chi connectivity index (χ0v) is 37.5. The zero-order chi connectivity index (χ0) is 39.4. The van der Waals surface area contributed by atoms with Gasteiger partial charge in [0.1, 0.15) is 0 Å². The first kappa shape index (κ1) is 40.7. The molecule has 0 saturated carbocycles. The number of benzene rings is 6. The highest BCUT2D eigenvalue weighted by Crippen LogP contribution is 2.48. The highest BCUT2D eigenvalue weighted by atomic mass is 32.2. The van der Waals surface area contributed by atoms with Gasteiger partial charge in [0.25, 0.3) is 0 Å². The summed E-state index contributed by atoms with van der Waals surface area (Å²) in [6.45, 7) is 33.0. The first-order valence-electron chi connectivity index (χ1n) is 20.3. The molecule has 0 radical (unpaired) electrons. The fourth-order valence-electron chi connectivity index (χ4n) is 7.75. The van der Waals surface area contributed by atoms with Crippen LogP contribution >= 0.6 is 23.5 Å². The van der Waals surface area contributed by atoms with Crippen LogP contribution in [0.4, 0.5) is 0 Å². The Labute approximate surface area is 336 Å². The van der Waals surface area contributed by atoms with Crippen LogP contribution in [0.2, 0.25) is 0 Å². The maximum Gasteiger partial charge on any atom is 0.0232 e. The van der Waals surface area contributed by atoms with Crippen molar-refractivity contribution < 1.29 is 0 Å². The zero-order valence-electron chi connectivity index (χ0n) is 35.9. The average Bonchev–Trinajstić information content (AvgIpc) is 3.04. The van der Waals surface area contributed by atoms with Gasteiger partial charge in [-0.05, 0) is 139 Å². The van der Waals surface area contributed by atoms with Crippen molar-refractivity contribution in [2.24, 2.45) is 21.7 Å². The van der Waals surface area contributed by atoms with Crippen molar-refractivity contribution in [2.75, 3.05) is 0 Å². The smallest absolute Gasteiger partial charge is 0.0232 e. The van der Waals surface area contributed by atoms with Gasteiger partial charge in [0.15, 0.2) is 0 Å². The molecule has 1 aliphatic carbocycles. The van der Waals surface area contributed by atoms with Crippen molar-refractivity contribution in [3.05, 3.63) is 107 Å². The van der Waals surface area contributed by atoms with Crippen LogP contribution in [0, 0.1) is 35.5 Å². The van der Waals surface area contributed by atoms with Gasteiger partial charge in [0.2, 0.25) is 0 Å². The normalized spacial score (nSPS) is 14.9. The number of thioether (sulfide) groups is 2. The van der Waals surface area contributed by atoms with Crippen molar-refractivity contribution >= 4 is 66.6 Å². The van der Waals surface area contributed by atoms with Crippen molar-refractivity contribution in [3.8, 4) is 0 Å². The number of rotatable bonds is 6. The summed E-state index contributed by atoms with van der Waals surface area (Å²) in [4.78, 5) is 2.90. The first-order chi connectivity index (χ1) is 25.1. The second kappa shape index (κ2) is 15.2. The predicted molar refractivity (Wildman–Crippen MR) is 246 cm³/mol. The minimum atomic E-state index is 0.251. The third kappa shape index (κ3) is 9.35. The molecule has 0 aromatic heterocycles. The maximum absolute atomic E-state index is 2.46. The van der Waals surface area contributed by atoms with Gasteiger partial charge in [-0.3, -0.25) is 0 Å². The van der Waals surface area contributed by atoms with Gasteiger partial charge in [0, 0.05) is 20.3 Å². The highest BCUT2D eigenvalue weighted by Gasteiger charge is 2.32. The van der Waals surface area contributed by atoms with Crippen LogP contribution in [0.1, 0.15) is 118 Å². The van der Waals surface area contributed by atoms with E-state index in [0.717, 1.165) is 0 Å². The Morgan fingerprint density at radius 1 is 0.463 bits per heavy atom. The summed E-state index contributed by atoms with van der Waals surface area (Å²) >= 11 is 4.19. The summed E-state index contributed by atoms with van der Waals surface area (Å²) in [7, 11) is 0. The largest absolute Gasteiger partial charge is 0.121 e. The third-order valence-corrected chi connectivity index (χ3v) is 14.9. The van der Waals surface area contributed by atoms with Crippen LogP contribution in [-0.2, 0) is 12.8 Å². The van der Waals surface area contributed by atoms with Crippen LogP contribution in [0.5, 0.6) is 0 Å². The predicted octanol–water partition coefficient (Wildman–Crippen LogP) is 16.6. The molecule has 7 rings (SSSR count). The van der Waals surface area contributed by atoms with E-state index in [2.05, 4.69) is 205 Å². The molecule has 6 aromatic rings. The first-order valence-corrected chi connectivity index (χ1v) is 22.1. The monoisotopic (exact) mass is 754 g/mol. The fourth-order valence-corrected chi connectivity index (χ4v) is 11.3. The Balaban J connectivity index is 0.000000184. The standard InChI is InChI=1S/C26H32S.C26H34S/c1-25(2,3)16-24(26(4,5)6)27-23-15-19-13-17-11-12-18(17)14-22(19)20-9-7-8-10-21(20)23;1-17-13-20-15-19-11-9-10-12-21(19)24(22(20)14-18(17)2)27-23(26(6,7)8)16-25(3,4)5/h7-10,13-15,24H,11-12,16H2,1-6H3;9-15,23H,16H2,1-8H3. The maximum atomic E-state index is 2.46. The number of hydrogen-bond acceptors (Lipinski definition) is 2. The van der Waals surface area contributed by atoms with Gasteiger partial charge >= 0.3 is 0 Å². The van der Waals surface area contributed by atoms with E-state index in [4.69, 9.17) is 0 Å². The number of aryl methyl sites for hydroxylation is 4. The summed E-state index contributed by atoms with van der Waals surface area (Å²) in [5, 5.41) is 12.3. The molecule has 0 fully saturated rings. The molecule has 0 nitrogen and oxygen atoms in total. The lowest BCUT2D eigenvalue weighted by atomic mass is 9.81. The summed E-state index contributed by atoms with van der Waals surface area (Å²) in [5.74, 6) is 0. The van der Waals surface area contributed by atoms with E-state index in [-0.39, 0.29) is 10.8 Å². The van der Waals surface area contributed by atoms with E-state index in [9.17, 15) is 0 Å². The molecule has 54 heavy (non-hydrogen) atoms. The molecule has 2 heteroatoms. The van der Waals surface area contributed by atoms with Gasteiger partial charge in [-0.15, -0.1) is 23.5 Å². The van der Waals surface area contributed by atoms with Crippen molar-refractivity contribution in [2.45, 2.75) is 143 Å². The molecule has 2 atom stereocenters. The molecule has 0 saturated heterocycles. The van der Waals surface area contributed by atoms with Gasteiger partial charge in [0.05, 0.1) is 0 Å². The van der Waals surface area contributed by atoms with E-state index in [1.165, 1.54) is 89.7 Å². The van der Waals surface area contributed by atoms with Gasteiger partial charge in [-0.25, -0.2) is 0 Å². The lowest BCUT2D eigenvalue weighted by Crippen LogP contribution is -2.28. The topological polar surface area (TPSA) is 0 Å². The minimum absolute atomic E-state index is 0.251. The molecule has 0 N–H and O–H groups in total. The van der Waals surface area contributed by atoms with E-state index in [1.807, 2.05) is 0 Å². The van der Waals surface area contributed by atoms with Crippen molar-refractivity contribution in [3.63, 3.8) is 0 Å². The van der Waals surface area contributed by atoms with E-state index < -0.39 is 0 Å². The summed E-state index contributed by atoms with van der Waals surface area (Å²) in [6, 6.07) is 32.3. The number of hydrogen-bond donors (Lipinski definition) is 0. The van der Waals surface area contributed by atoms with Crippen molar-refractivity contribution in [1.82, 2.24) is 0 Å². The summed E-state index contributed by atoms with van der Waals surface area (Å²) in [5.41, 5.74) is 7.02. The van der Waals surface area contributed by atoms with Crippen molar-refractivity contribution in [1.29, 1.82) is 0 Å². The van der Waals surface area contributed by atoms with E-state index >= 15 is 0 Å². The minimum Gasteiger partial charge on any atom is -0.121 e. The molecule has 0 heterocycles. The van der Waals surface area contributed by atoms with Crippen LogP contribution in [0.25, 0.3) is 43.1 Å². The van der Waals surface area contributed by atoms with Crippen LogP contribution in [-0.4, -0.2) is 10.5 Å². The SMILES string of the molecule is CC(C)(C)CC(Sc1cc2cc3c(cc2c2ccccc12)CC3)C(C)(C)C.Cc1cc2cc3ccccc3c(SC(CC(C)(C)C)C(C)(C)C)c2cc1C. The second-order valence-corrected chi connectivity index (χ2v) is 23.3. The van der Waals surface area contributed by atoms with E-state index in [1.54, 1.807) is 11.1 Å². The van der Waals surface area contributed by atoms with Crippen LogP contribution < -0.4 is 0 Å². The Morgan fingerprint density at radius 3 is 1.54 bits per heavy atom. The van der Waals surface area contributed by atoms with Gasteiger partial charge < -0.3 is 0 Å². The Kier molecular flexibility index (Phi) is 11.5. The summed E-state index contributed by atoms with van der Waals surface area (Å²) in [6.07, 6.45) is 4.91. The molecular weight excluding hydrogens is 689 g/mol. The van der Waals surface area contributed by atoms with Gasteiger partial charge in [-0.2, -0.15) is 0 Å². The molecule has 0 amide bonds. The molecule has 0 bridgehead atoms. The van der Waals surface area contributed by atoms with Gasteiger partial charge in [-0.1, -0.05) is 156 Å². The average molecular weight is 755 g/mol. The molecule has 0 spiro atoms. The van der Waals surface area contributed by atoms with Crippen LogP contribution in [0.3, 0.4) is 0 Å². The quantitative estimate of drug-likeness (QED) is 0.0943. The Hall–Kier alpha value is -2.94. The Morgan fingerprint density at radius 2 is 0.963 bits per heavy atom. The molecule has 1 aliphatic rings. The molecule has 6 aromatic carbocycles. The van der Waals surface area contributed by atoms with E-state index in [0.29, 0.717) is 21.3 Å². The Bertz CT molecular complexity index is 2280. The fraction of sp³-hybridized carbons (Fsp3) is 0.462. The lowest BCUT2D eigenvalue weighted by molar-refractivity contribution is 0.286. The molecule has 2 unspecified atom stereocenters. The molecular formula is C52H66S2. The molecule has 286 valence electrons. The van der Waals surface area contributed by atoms with Crippen LogP contribution in [0.15, 0.2) is 94.7 Å². The highest BCUT2D eigenvalue weighted by molar-refractivity contribution is 8.00. The molecule has 0 aliphatic heterocycles. The lowest BCUT2D eigenvalue weighted by Gasteiger charge is -2.35. The summed E-state index contributed by atoms with van der Waals surface area (Å²) < 4.78 is 0. The number of fused-ring (bicyclic) bond motifs is 6. The second-order valence-electron chi connectivity index (χ2n) is 20.8.